The van der Waals surface area contributed by atoms with Crippen LogP contribution in [0, 0.1) is 0 Å². The Kier molecular flexibility index (Phi) is 7.37. The van der Waals surface area contributed by atoms with Gasteiger partial charge in [-0.2, -0.15) is 13.3 Å². The quantitative estimate of drug-likeness (QED) is 0.203. The summed E-state index contributed by atoms with van der Waals surface area (Å²) >= 11 is 0. The number of hydrogen-bond donors (Lipinski definition) is 1. The Hall–Kier alpha value is -3.44. The van der Waals surface area contributed by atoms with Crippen LogP contribution in [0.15, 0.2) is 84.9 Å². The van der Waals surface area contributed by atoms with Crippen LogP contribution in [0.5, 0.6) is 5.75 Å². The van der Waals surface area contributed by atoms with E-state index < -0.39 is 33.2 Å². The minimum Gasteiger partial charge on any atom is -0.497 e. The molecular formula is C25H24O9S. The molecule has 184 valence electrons. The largest absolute Gasteiger partial charge is 0.537 e. The van der Waals surface area contributed by atoms with Crippen molar-refractivity contribution in [3.8, 4) is 5.75 Å². The SMILES string of the molecule is COc1ccc(C(c2ccccc2)(c2ccccc2)S(=O)(=O)O[C@@H]2COC[C@@H]2OOC(=O)O)cc1. The van der Waals surface area contributed by atoms with E-state index in [-0.39, 0.29) is 13.2 Å². The molecule has 1 saturated heterocycles. The summed E-state index contributed by atoms with van der Waals surface area (Å²) in [5.74, 6) is 0.561. The van der Waals surface area contributed by atoms with E-state index in [4.69, 9.17) is 23.7 Å². The highest BCUT2D eigenvalue weighted by Crippen LogP contribution is 2.46. The minimum atomic E-state index is -4.52. The predicted molar refractivity (Wildman–Crippen MR) is 124 cm³/mol. The first-order valence-corrected chi connectivity index (χ1v) is 12.1. The van der Waals surface area contributed by atoms with Crippen LogP contribution in [-0.4, -0.2) is 52.2 Å². The maximum Gasteiger partial charge on any atom is 0.537 e. The van der Waals surface area contributed by atoms with E-state index >= 15 is 0 Å². The van der Waals surface area contributed by atoms with Gasteiger partial charge in [0, 0.05) is 0 Å². The van der Waals surface area contributed by atoms with Gasteiger partial charge >= 0.3 is 6.16 Å². The Morgan fingerprint density at radius 1 is 0.857 bits per heavy atom. The van der Waals surface area contributed by atoms with E-state index in [1.807, 2.05) is 0 Å². The summed E-state index contributed by atoms with van der Waals surface area (Å²) in [6.07, 6.45) is -3.87. The van der Waals surface area contributed by atoms with Crippen molar-refractivity contribution < 1.29 is 41.8 Å². The maximum absolute atomic E-state index is 14.3. The lowest BCUT2D eigenvalue weighted by Crippen LogP contribution is -2.44. The molecule has 10 heteroatoms. The molecule has 3 aromatic carbocycles. The first-order chi connectivity index (χ1) is 16.9. The van der Waals surface area contributed by atoms with Crippen LogP contribution in [0.1, 0.15) is 16.7 Å². The Balaban J connectivity index is 1.88. The van der Waals surface area contributed by atoms with Crippen LogP contribution in [0.2, 0.25) is 0 Å². The standard InChI is InChI=1S/C25H24O9S/c1-30-21-14-12-20(13-15-21)25(18-8-4-2-5-9-18,19-10-6-3-7-11-19)35(28,29)34-23-17-31-16-22(23)32-33-24(26)27/h2-15,22-23H,16-17H2,1H3,(H,26,27)/t22-,23+/m0/s1. The highest BCUT2D eigenvalue weighted by atomic mass is 32.2. The van der Waals surface area contributed by atoms with Gasteiger partial charge in [-0.15, -0.1) is 0 Å². The van der Waals surface area contributed by atoms with Crippen molar-refractivity contribution in [2.75, 3.05) is 20.3 Å². The number of ether oxygens (including phenoxy) is 2. The molecule has 0 saturated carbocycles. The summed E-state index contributed by atoms with van der Waals surface area (Å²) in [7, 11) is -3.00. The van der Waals surface area contributed by atoms with Gasteiger partial charge in [0.25, 0.3) is 10.1 Å². The van der Waals surface area contributed by atoms with Crippen LogP contribution in [-0.2, 0) is 33.6 Å². The zero-order valence-corrected chi connectivity index (χ0v) is 19.6. The monoisotopic (exact) mass is 500 g/mol. The number of methoxy groups -OCH3 is 1. The van der Waals surface area contributed by atoms with E-state index in [9.17, 15) is 13.2 Å². The molecule has 1 aliphatic heterocycles. The molecule has 3 aromatic rings. The molecule has 0 amide bonds. The lowest BCUT2D eigenvalue weighted by Gasteiger charge is -2.35. The molecule has 0 aromatic heterocycles. The first-order valence-electron chi connectivity index (χ1n) is 10.7. The van der Waals surface area contributed by atoms with E-state index in [1.165, 1.54) is 7.11 Å². The Morgan fingerprint density at radius 3 is 1.89 bits per heavy atom. The summed E-state index contributed by atoms with van der Waals surface area (Å²) < 4.78 is 43.2. The van der Waals surface area contributed by atoms with E-state index in [0.29, 0.717) is 22.4 Å². The van der Waals surface area contributed by atoms with E-state index in [2.05, 4.69) is 4.89 Å². The zero-order chi connectivity index (χ0) is 24.9. The summed E-state index contributed by atoms with van der Waals surface area (Å²) in [6, 6.07) is 24.1. The topological polar surface area (TPSA) is 118 Å². The highest BCUT2D eigenvalue weighted by Gasteiger charge is 2.52. The van der Waals surface area contributed by atoms with Crippen molar-refractivity contribution >= 4 is 16.3 Å². The number of hydrogen-bond acceptors (Lipinski definition) is 8. The van der Waals surface area contributed by atoms with Gasteiger partial charge in [0.2, 0.25) is 0 Å². The summed E-state index contributed by atoms with van der Waals surface area (Å²) in [4.78, 5) is 19.8. The van der Waals surface area contributed by atoms with Crippen LogP contribution < -0.4 is 4.74 Å². The third-order valence-corrected chi connectivity index (χ3v) is 7.66. The molecule has 1 heterocycles. The fraction of sp³-hybridized carbons (Fsp3) is 0.240. The molecule has 0 spiro atoms. The lowest BCUT2D eigenvalue weighted by molar-refractivity contribution is -0.291. The highest BCUT2D eigenvalue weighted by molar-refractivity contribution is 7.88. The molecule has 1 fully saturated rings. The van der Waals surface area contributed by atoms with Gasteiger partial charge in [-0.3, -0.25) is 9.07 Å². The third kappa shape index (κ3) is 4.87. The van der Waals surface area contributed by atoms with E-state index in [1.54, 1.807) is 84.9 Å². The second kappa shape index (κ2) is 10.4. The molecule has 0 unspecified atom stereocenters. The fourth-order valence-electron chi connectivity index (χ4n) is 4.14. The first kappa shape index (κ1) is 24.7. The lowest BCUT2D eigenvalue weighted by atomic mass is 9.84. The number of benzene rings is 3. The van der Waals surface area contributed by atoms with Gasteiger partial charge in [-0.25, -0.2) is 4.79 Å². The van der Waals surface area contributed by atoms with Crippen molar-refractivity contribution in [3.63, 3.8) is 0 Å². The van der Waals surface area contributed by atoms with Crippen molar-refractivity contribution in [2.24, 2.45) is 0 Å². The van der Waals surface area contributed by atoms with Gasteiger partial charge in [0.15, 0.2) is 10.9 Å². The summed E-state index contributed by atoms with van der Waals surface area (Å²) in [5.41, 5.74) is 1.33. The third-order valence-electron chi connectivity index (χ3n) is 5.70. The molecule has 0 radical (unpaired) electrons. The van der Waals surface area contributed by atoms with Gasteiger partial charge in [0.1, 0.15) is 11.9 Å². The van der Waals surface area contributed by atoms with Crippen LogP contribution in [0.25, 0.3) is 0 Å². The average Bonchev–Trinajstić information content (AvgIpc) is 3.31. The van der Waals surface area contributed by atoms with Crippen molar-refractivity contribution in [1.82, 2.24) is 0 Å². The van der Waals surface area contributed by atoms with Crippen molar-refractivity contribution in [1.29, 1.82) is 0 Å². The molecule has 35 heavy (non-hydrogen) atoms. The van der Waals surface area contributed by atoms with Crippen molar-refractivity contribution in [2.45, 2.75) is 17.0 Å². The molecule has 2 atom stereocenters. The molecular weight excluding hydrogens is 476 g/mol. The van der Waals surface area contributed by atoms with E-state index in [0.717, 1.165) is 0 Å². The smallest absolute Gasteiger partial charge is 0.497 e. The number of rotatable bonds is 9. The van der Waals surface area contributed by atoms with Crippen LogP contribution in [0.4, 0.5) is 4.79 Å². The van der Waals surface area contributed by atoms with Gasteiger partial charge in [0.05, 0.1) is 20.3 Å². The zero-order valence-electron chi connectivity index (χ0n) is 18.8. The summed E-state index contributed by atoms with van der Waals surface area (Å²) in [6.45, 7) is -0.227. The molecule has 1 N–H and O–H groups in total. The molecule has 1 aliphatic rings. The normalized spacial score (nSPS) is 18.2. The van der Waals surface area contributed by atoms with Gasteiger partial charge < -0.3 is 14.6 Å². The predicted octanol–water partition coefficient (Wildman–Crippen LogP) is 3.73. The molecule has 0 bridgehead atoms. The van der Waals surface area contributed by atoms with Crippen LogP contribution >= 0.6 is 0 Å². The number of carboxylic acid groups (broad SMARTS) is 1. The van der Waals surface area contributed by atoms with Gasteiger partial charge in [-0.1, -0.05) is 72.8 Å². The molecule has 9 nitrogen and oxygen atoms in total. The maximum atomic E-state index is 14.3. The Labute approximate surface area is 202 Å². The second-order valence-corrected chi connectivity index (χ2v) is 9.46. The average molecular weight is 501 g/mol. The van der Waals surface area contributed by atoms with Crippen LogP contribution in [0.3, 0.4) is 0 Å². The minimum absolute atomic E-state index is 0.0975. The van der Waals surface area contributed by atoms with Crippen molar-refractivity contribution in [3.05, 3.63) is 102 Å². The number of carbonyl (C=O) groups is 1. The molecule has 4 rings (SSSR count). The Bertz CT molecular complexity index is 1190. The summed E-state index contributed by atoms with van der Waals surface area (Å²) in [5, 5.41) is 8.75. The molecule has 0 aliphatic carbocycles. The Morgan fingerprint density at radius 2 is 1.37 bits per heavy atom. The fourth-order valence-corrected chi connectivity index (χ4v) is 6.06. The van der Waals surface area contributed by atoms with Gasteiger partial charge in [-0.05, 0) is 28.8 Å². The second-order valence-electron chi connectivity index (χ2n) is 7.75.